The molecule has 0 bridgehead atoms. The summed E-state index contributed by atoms with van der Waals surface area (Å²) in [6, 6.07) is 3.02. The topological polar surface area (TPSA) is 195 Å². The summed E-state index contributed by atoms with van der Waals surface area (Å²) in [5.74, 6) is -4.79. The molecule has 1 saturated heterocycles. The second kappa shape index (κ2) is 11.9. The Hall–Kier alpha value is -3.93. The molecule has 0 radical (unpaired) electrons. The third-order valence-electron chi connectivity index (χ3n) is 6.57. The first-order valence-corrected chi connectivity index (χ1v) is 12.2. The van der Waals surface area contributed by atoms with Crippen molar-refractivity contribution in [1.29, 1.82) is 0 Å². The lowest BCUT2D eigenvalue weighted by molar-refractivity contribution is -0.148. The number of hydrogen-bond donors (Lipinski definition) is 6. The fourth-order valence-corrected chi connectivity index (χ4v) is 4.44. The van der Waals surface area contributed by atoms with Crippen molar-refractivity contribution in [2.75, 3.05) is 6.54 Å². The molecule has 2 heterocycles. The van der Waals surface area contributed by atoms with Crippen molar-refractivity contribution >= 4 is 40.6 Å². The van der Waals surface area contributed by atoms with Crippen LogP contribution in [0.15, 0.2) is 30.5 Å². The number of rotatable bonds is 11. The number of para-hydroxylation sites is 1. The zero-order valence-corrected chi connectivity index (χ0v) is 20.8. The number of nitrogens with zero attached hydrogens (tertiary/aromatic N) is 1. The molecule has 3 amide bonds. The number of aromatic amines is 1. The summed E-state index contributed by atoms with van der Waals surface area (Å²) < 4.78 is 0. The Kier molecular flexibility index (Phi) is 8.87. The van der Waals surface area contributed by atoms with Gasteiger partial charge in [0.2, 0.25) is 17.7 Å². The van der Waals surface area contributed by atoms with E-state index in [0.717, 1.165) is 16.5 Å². The number of H-pyrrole nitrogens is 1. The summed E-state index contributed by atoms with van der Waals surface area (Å²) in [5, 5.41) is 24.1. The van der Waals surface area contributed by atoms with Crippen LogP contribution in [0, 0.1) is 5.92 Å². The quantitative estimate of drug-likeness (QED) is 0.244. The molecule has 12 heteroatoms. The van der Waals surface area contributed by atoms with Gasteiger partial charge >= 0.3 is 11.9 Å². The van der Waals surface area contributed by atoms with Crippen LogP contribution in [-0.4, -0.2) is 80.5 Å². The van der Waals surface area contributed by atoms with Crippen LogP contribution in [0.5, 0.6) is 0 Å². The van der Waals surface area contributed by atoms with Crippen LogP contribution in [-0.2, 0) is 30.4 Å². The number of aromatic nitrogens is 1. The fraction of sp³-hybridized carbons (Fsp3) is 0.480. The third kappa shape index (κ3) is 6.64. The molecule has 1 fully saturated rings. The second-order valence-electron chi connectivity index (χ2n) is 9.58. The third-order valence-corrected chi connectivity index (χ3v) is 6.57. The minimum atomic E-state index is -1.63. The number of aliphatic carboxylic acids is 2. The first kappa shape index (κ1) is 27.7. The SMILES string of the molecule is CC(C)C(N)C(=O)NC(Cc1c[nH]c2ccccc12)C(=O)N1CCCC1C(=O)NC(CC(=O)O)C(=O)O. The van der Waals surface area contributed by atoms with Gasteiger partial charge in [-0.1, -0.05) is 32.0 Å². The van der Waals surface area contributed by atoms with E-state index in [4.69, 9.17) is 10.8 Å². The van der Waals surface area contributed by atoms with Crippen LogP contribution >= 0.6 is 0 Å². The molecule has 0 spiro atoms. The van der Waals surface area contributed by atoms with Gasteiger partial charge in [-0.15, -0.1) is 0 Å². The first-order valence-electron chi connectivity index (χ1n) is 12.2. The molecule has 37 heavy (non-hydrogen) atoms. The van der Waals surface area contributed by atoms with Crippen LogP contribution in [0.2, 0.25) is 0 Å². The smallest absolute Gasteiger partial charge is 0.326 e. The molecular weight excluding hydrogens is 482 g/mol. The average Bonchev–Trinajstić information content (AvgIpc) is 3.49. The molecule has 1 aromatic heterocycles. The van der Waals surface area contributed by atoms with Crippen molar-refractivity contribution in [3.8, 4) is 0 Å². The number of fused-ring (bicyclic) bond motifs is 1. The molecule has 4 atom stereocenters. The highest BCUT2D eigenvalue weighted by molar-refractivity contribution is 5.95. The van der Waals surface area contributed by atoms with E-state index in [1.165, 1.54) is 4.90 Å². The Morgan fingerprint density at radius 1 is 1.11 bits per heavy atom. The molecule has 0 saturated carbocycles. The van der Waals surface area contributed by atoms with E-state index in [0.29, 0.717) is 6.42 Å². The molecule has 12 nitrogen and oxygen atoms in total. The maximum Gasteiger partial charge on any atom is 0.326 e. The van der Waals surface area contributed by atoms with Crippen LogP contribution < -0.4 is 16.4 Å². The lowest BCUT2D eigenvalue weighted by Crippen LogP contribution is -2.57. The lowest BCUT2D eigenvalue weighted by atomic mass is 10.0. The lowest BCUT2D eigenvalue weighted by Gasteiger charge is -2.30. The van der Waals surface area contributed by atoms with Gasteiger partial charge in [-0.05, 0) is 30.4 Å². The largest absolute Gasteiger partial charge is 0.481 e. The summed E-state index contributed by atoms with van der Waals surface area (Å²) >= 11 is 0. The summed E-state index contributed by atoms with van der Waals surface area (Å²) in [7, 11) is 0. The molecule has 1 aliphatic heterocycles. The average molecular weight is 516 g/mol. The standard InChI is InChI=1S/C25H33N5O7/c1-13(2)21(26)23(34)28-17(10-14-12-27-16-7-4-3-6-15(14)16)24(35)30-9-5-8-19(30)22(33)29-18(25(36)37)11-20(31)32/h3-4,6-7,12-13,17-19,21,27H,5,8-11,26H2,1-2H3,(H,28,34)(H,29,33)(H,31,32)(H,36,37). The Balaban J connectivity index is 1.84. The van der Waals surface area contributed by atoms with Gasteiger partial charge in [-0.2, -0.15) is 0 Å². The Labute approximate surface area is 213 Å². The number of benzene rings is 1. The zero-order chi connectivity index (χ0) is 27.3. The summed E-state index contributed by atoms with van der Waals surface area (Å²) in [4.78, 5) is 66.3. The predicted molar refractivity (Wildman–Crippen MR) is 133 cm³/mol. The van der Waals surface area contributed by atoms with Gasteiger partial charge in [0.1, 0.15) is 18.1 Å². The number of amides is 3. The molecule has 2 aromatic rings. The second-order valence-corrected chi connectivity index (χ2v) is 9.58. The molecule has 7 N–H and O–H groups in total. The van der Waals surface area contributed by atoms with Crippen molar-refractivity contribution in [3.63, 3.8) is 0 Å². The zero-order valence-electron chi connectivity index (χ0n) is 20.8. The summed E-state index contributed by atoms with van der Waals surface area (Å²) in [5.41, 5.74) is 7.67. The van der Waals surface area contributed by atoms with Gasteiger partial charge in [-0.25, -0.2) is 4.79 Å². The van der Waals surface area contributed by atoms with E-state index in [-0.39, 0.29) is 25.3 Å². The first-order chi connectivity index (χ1) is 17.5. The van der Waals surface area contributed by atoms with Crippen molar-refractivity contribution in [3.05, 3.63) is 36.0 Å². The number of likely N-dealkylation sites (tertiary alicyclic amines) is 1. The number of carbonyl (C=O) groups is 5. The van der Waals surface area contributed by atoms with Crippen molar-refractivity contribution in [1.82, 2.24) is 20.5 Å². The van der Waals surface area contributed by atoms with Gasteiger partial charge in [0.15, 0.2) is 0 Å². The maximum atomic E-state index is 13.7. The van der Waals surface area contributed by atoms with Gasteiger partial charge in [-0.3, -0.25) is 19.2 Å². The van der Waals surface area contributed by atoms with Gasteiger partial charge in [0.25, 0.3) is 0 Å². The van der Waals surface area contributed by atoms with E-state index in [1.807, 2.05) is 24.3 Å². The number of carboxylic acids is 2. The van der Waals surface area contributed by atoms with Crippen molar-refractivity contribution in [2.45, 2.75) is 63.7 Å². The number of hydrogen-bond acceptors (Lipinski definition) is 6. The molecule has 4 unspecified atom stereocenters. The molecule has 3 rings (SSSR count). The minimum Gasteiger partial charge on any atom is -0.481 e. The number of carboxylic acid groups (broad SMARTS) is 2. The van der Waals surface area contributed by atoms with Crippen LogP contribution in [0.1, 0.15) is 38.7 Å². The van der Waals surface area contributed by atoms with Crippen molar-refractivity contribution < 1.29 is 34.2 Å². The summed E-state index contributed by atoms with van der Waals surface area (Å²) in [6.07, 6.45) is 1.86. The van der Waals surface area contributed by atoms with E-state index < -0.39 is 60.2 Å². The van der Waals surface area contributed by atoms with E-state index in [2.05, 4.69) is 15.6 Å². The van der Waals surface area contributed by atoms with Gasteiger partial charge < -0.3 is 36.5 Å². The minimum absolute atomic E-state index is 0.140. The Morgan fingerprint density at radius 2 is 1.81 bits per heavy atom. The predicted octanol–water partition coefficient (Wildman–Crippen LogP) is 0.214. The highest BCUT2D eigenvalue weighted by atomic mass is 16.4. The monoisotopic (exact) mass is 515 g/mol. The maximum absolute atomic E-state index is 13.7. The summed E-state index contributed by atoms with van der Waals surface area (Å²) in [6.45, 7) is 3.80. The molecule has 0 aliphatic carbocycles. The molecule has 1 aromatic carbocycles. The number of nitrogens with one attached hydrogen (secondary N) is 3. The Morgan fingerprint density at radius 3 is 2.46 bits per heavy atom. The van der Waals surface area contributed by atoms with E-state index in [1.54, 1.807) is 20.0 Å². The molecule has 1 aliphatic rings. The fourth-order valence-electron chi connectivity index (χ4n) is 4.44. The number of nitrogens with two attached hydrogens (primary N) is 1. The van der Waals surface area contributed by atoms with Gasteiger partial charge in [0.05, 0.1) is 12.5 Å². The molecular formula is C25H33N5O7. The van der Waals surface area contributed by atoms with Crippen LogP contribution in [0.25, 0.3) is 10.9 Å². The highest BCUT2D eigenvalue weighted by Gasteiger charge is 2.39. The highest BCUT2D eigenvalue weighted by Crippen LogP contribution is 2.23. The molecule has 200 valence electrons. The normalized spacial score (nSPS) is 17.8. The Bertz CT molecular complexity index is 1180. The number of carbonyl (C=O) groups excluding carboxylic acids is 3. The van der Waals surface area contributed by atoms with E-state index in [9.17, 15) is 29.1 Å². The van der Waals surface area contributed by atoms with Crippen molar-refractivity contribution in [2.24, 2.45) is 11.7 Å². The van der Waals surface area contributed by atoms with E-state index >= 15 is 0 Å². The van der Waals surface area contributed by atoms with Gasteiger partial charge in [0, 0.05) is 30.1 Å². The van der Waals surface area contributed by atoms with Crippen LogP contribution in [0.3, 0.4) is 0 Å². The van der Waals surface area contributed by atoms with Crippen LogP contribution in [0.4, 0.5) is 0 Å².